The minimum atomic E-state index is -0.375. The van der Waals surface area contributed by atoms with E-state index in [1.54, 1.807) is 0 Å². The van der Waals surface area contributed by atoms with Crippen LogP contribution in [0.25, 0.3) is 5.69 Å². The first kappa shape index (κ1) is 21.8. The van der Waals surface area contributed by atoms with Crippen molar-refractivity contribution in [1.82, 2.24) is 9.88 Å². The van der Waals surface area contributed by atoms with E-state index in [0.717, 1.165) is 53.9 Å². The highest BCUT2D eigenvalue weighted by Crippen LogP contribution is 2.31. The van der Waals surface area contributed by atoms with Gasteiger partial charge in [0.2, 0.25) is 5.91 Å². The Morgan fingerprint density at radius 3 is 2.37 bits per heavy atom. The summed E-state index contributed by atoms with van der Waals surface area (Å²) >= 11 is 0. The molecule has 1 N–H and O–H groups in total. The van der Waals surface area contributed by atoms with Crippen molar-refractivity contribution in [3.63, 3.8) is 0 Å². The second kappa shape index (κ2) is 9.28. The van der Waals surface area contributed by atoms with Gasteiger partial charge in [0, 0.05) is 24.1 Å². The van der Waals surface area contributed by atoms with E-state index in [0.29, 0.717) is 5.69 Å². The van der Waals surface area contributed by atoms with Gasteiger partial charge in [-0.2, -0.15) is 10.1 Å². The Morgan fingerprint density at radius 2 is 1.77 bits per heavy atom. The number of nitrogens with zero attached hydrogens (tertiary/aromatic N) is 3. The van der Waals surface area contributed by atoms with Gasteiger partial charge in [-0.15, -0.1) is 0 Å². The van der Waals surface area contributed by atoms with Crippen LogP contribution in [0.2, 0.25) is 0 Å². The Balaban J connectivity index is 1.82. The Kier molecular flexibility index (Phi) is 6.75. The fourth-order valence-electron chi connectivity index (χ4n) is 4.49. The van der Waals surface area contributed by atoms with E-state index in [1.165, 1.54) is 11.4 Å². The van der Waals surface area contributed by atoms with E-state index in [1.807, 2.05) is 26.0 Å². The normalized spacial score (nSPS) is 14.4. The molecule has 1 saturated carbocycles. The van der Waals surface area contributed by atoms with Gasteiger partial charge in [0.25, 0.3) is 5.91 Å². The van der Waals surface area contributed by atoms with Crippen LogP contribution in [-0.4, -0.2) is 29.1 Å². The number of anilines is 1. The smallest absolute Gasteiger partial charge is 0.256 e. The van der Waals surface area contributed by atoms with E-state index in [4.69, 9.17) is 0 Å². The second-order valence-electron chi connectivity index (χ2n) is 8.26. The van der Waals surface area contributed by atoms with Crippen LogP contribution in [0.1, 0.15) is 61.0 Å². The fourth-order valence-corrected chi connectivity index (χ4v) is 4.49. The zero-order chi connectivity index (χ0) is 21.8. The summed E-state index contributed by atoms with van der Waals surface area (Å²) in [5.41, 5.74) is 5.94. The minimum Gasteiger partial charge on any atom is -0.353 e. The van der Waals surface area contributed by atoms with Crippen molar-refractivity contribution in [2.75, 3.05) is 5.01 Å². The summed E-state index contributed by atoms with van der Waals surface area (Å²) in [6.07, 6.45) is 5.21. The number of amides is 2. The summed E-state index contributed by atoms with van der Waals surface area (Å²) in [5, 5.41) is 8.21. The van der Waals surface area contributed by atoms with Gasteiger partial charge < -0.3 is 9.88 Å². The summed E-state index contributed by atoms with van der Waals surface area (Å²) in [4.78, 5) is 25.3. The predicted molar refractivity (Wildman–Crippen MR) is 121 cm³/mol. The molecule has 1 heterocycles. The lowest BCUT2D eigenvalue weighted by Crippen LogP contribution is -2.39. The Bertz CT molecular complexity index is 934. The van der Waals surface area contributed by atoms with Crippen LogP contribution in [-0.2, 0) is 9.59 Å². The van der Waals surface area contributed by atoms with Crippen LogP contribution in [0.5, 0.6) is 0 Å². The summed E-state index contributed by atoms with van der Waals surface area (Å²) in [6.45, 7) is 11.7. The molecule has 1 aromatic carbocycles. The van der Waals surface area contributed by atoms with Crippen molar-refractivity contribution >= 4 is 24.2 Å². The molecule has 0 aliphatic heterocycles. The molecule has 6 heteroatoms. The number of carbonyl (C=O) groups is 2. The topological polar surface area (TPSA) is 66.7 Å². The third-order valence-electron chi connectivity index (χ3n) is 5.96. The van der Waals surface area contributed by atoms with Gasteiger partial charge in [-0.1, -0.05) is 37.5 Å². The van der Waals surface area contributed by atoms with E-state index in [-0.39, 0.29) is 24.3 Å². The Labute approximate surface area is 179 Å². The highest BCUT2D eigenvalue weighted by Gasteiger charge is 2.25. The zero-order valence-electron chi connectivity index (χ0n) is 18.5. The molecular formula is C24H32N4O2. The molecule has 6 nitrogen and oxygen atoms in total. The van der Waals surface area contributed by atoms with Gasteiger partial charge in [0.05, 0.1) is 11.4 Å². The van der Waals surface area contributed by atoms with Crippen molar-refractivity contribution in [2.24, 2.45) is 5.10 Å². The average molecular weight is 409 g/mol. The van der Waals surface area contributed by atoms with Gasteiger partial charge in [-0.05, 0) is 57.7 Å². The molecule has 3 rings (SSSR count). The molecule has 1 aliphatic carbocycles. The molecule has 30 heavy (non-hydrogen) atoms. The van der Waals surface area contributed by atoms with Crippen molar-refractivity contribution in [3.05, 3.63) is 46.8 Å². The van der Waals surface area contributed by atoms with Crippen LogP contribution in [0.15, 0.2) is 29.4 Å². The number of nitrogens with one attached hydrogen (secondary N) is 1. The fraction of sp³-hybridized carbons (Fsp3) is 0.458. The van der Waals surface area contributed by atoms with Gasteiger partial charge in [-0.25, -0.2) is 0 Å². The standard InChI is InChI=1S/C24H32N4O2/c1-16-10-9-11-17(2)24(16)27-18(3)14-21(19(27)4)28(25-5)23(30)15-22(29)26-20-12-7-6-8-13-20/h9-11,14,20H,5-8,12-13,15H2,1-4H3,(H,26,29). The quantitative estimate of drug-likeness (QED) is 0.434. The van der Waals surface area contributed by atoms with Crippen molar-refractivity contribution in [3.8, 4) is 5.69 Å². The average Bonchev–Trinajstić information content (AvgIpc) is 2.97. The van der Waals surface area contributed by atoms with E-state index >= 15 is 0 Å². The van der Waals surface area contributed by atoms with E-state index in [2.05, 4.69) is 47.7 Å². The number of carbonyl (C=O) groups excluding carboxylic acids is 2. The molecule has 2 amide bonds. The molecule has 0 spiro atoms. The third kappa shape index (κ3) is 4.48. The van der Waals surface area contributed by atoms with Crippen LogP contribution < -0.4 is 10.3 Å². The Morgan fingerprint density at radius 1 is 1.13 bits per heavy atom. The predicted octanol–water partition coefficient (Wildman–Crippen LogP) is 4.50. The number of aromatic nitrogens is 1. The molecule has 160 valence electrons. The molecule has 1 fully saturated rings. The lowest BCUT2D eigenvalue weighted by molar-refractivity contribution is -0.128. The van der Waals surface area contributed by atoms with Gasteiger partial charge in [0.1, 0.15) is 6.42 Å². The molecule has 0 unspecified atom stereocenters. The number of hydrazone groups is 1. The SMILES string of the molecule is C=NN(C(=O)CC(=O)NC1CCCCC1)c1cc(C)n(-c2c(C)cccc2C)c1C. The molecular weight excluding hydrogens is 376 g/mol. The molecule has 0 atom stereocenters. The van der Waals surface area contributed by atoms with Crippen LogP contribution >= 0.6 is 0 Å². The number of hydrogen-bond donors (Lipinski definition) is 1. The van der Waals surface area contributed by atoms with Crippen molar-refractivity contribution in [1.29, 1.82) is 0 Å². The van der Waals surface area contributed by atoms with Crippen LogP contribution in [0, 0.1) is 27.7 Å². The first-order valence-corrected chi connectivity index (χ1v) is 10.7. The number of aryl methyl sites for hydroxylation is 3. The van der Waals surface area contributed by atoms with Crippen molar-refractivity contribution < 1.29 is 9.59 Å². The summed E-state index contributed by atoms with van der Waals surface area (Å²) in [7, 11) is 0. The molecule has 0 saturated heterocycles. The largest absolute Gasteiger partial charge is 0.353 e. The molecule has 1 aromatic heterocycles. The maximum atomic E-state index is 12.9. The monoisotopic (exact) mass is 408 g/mol. The first-order valence-electron chi connectivity index (χ1n) is 10.7. The highest BCUT2D eigenvalue weighted by molar-refractivity contribution is 6.05. The number of hydrogen-bond acceptors (Lipinski definition) is 3. The molecule has 2 aromatic rings. The highest BCUT2D eigenvalue weighted by atomic mass is 16.2. The number of rotatable bonds is 6. The lowest BCUT2D eigenvalue weighted by Gasteiger charge is -2.23. The third-order valence-corrected chi connectivity index (χ3v) is 5.96. The lowest BCUT2D eigenvalue weighted by atomic mass is 9.95. The van der Waals surface area contributed by atoms with Crippen LogP contribution in [0.3, 0.4) is 0 Å². The first-order chi connectivity index (χ1) is 14.3. The summed E-state index contributed by atoms with van der Waals surface area (Å²) in [6, 6.07) is 8.29. The second-order valence-corrected chi connectivity index (χ2v) is 8.26. The Hall–Kier alpha value is -2.89. The summed E-state index contributed by atoms with van der Waals surface area (Å²) < 4.78 is 2.13. The van der Waals surface area contributed by atoms with Gasteiger partial charge in [0.15, 0.2) is 0 Å². The zero-order valence-corrected chi connectivity index (χ0v) is 18.5. The molecule has 0 bridgehead atoms. The van der Waals surface area contributed by atoms with E-state index in [9.17, 15) is 9.59 Å². The maximum Gasteiger partial charge on any atom is 0.256 e. The molecule has 0 radical (unpaired) electrons. The van der Waals surface area contributed by atoms with Gasteiger partial charge in [-0.3, -0.25) is 9.59 Å². The molecule has 1 aliphatic rings. The van der Waals surface area contributed by atoms with E-state index < -0.39 is 0 Å². The van der Waals surface area contributed by atoms with Crippen LogP contribution in [0.4, 0.5) is 5.69 Å². The minimum absolute atomic E-state index is 0.179. The number of para-hydroxylation sites is 1. The van der Waals surface area contributed by atoms with Crippen molar-refractivity contribution in [2.45, 2.75) is 72.3 Å². The summed E-state index contributed by atoms with van der Waals surface area (Å²) in [5.74, 6) is -0.621. The number of benzene rings is 1. The maximum absolute atomic E-state index is 12.9. The van der Waals surface area contributed by atoms with Gasteiger partial charge >= 0.3 is 0 Å².